The van der Waals surface area contributed by atoms with Gasteiger partial charge in [0.15, 0.2) is 5.78 Å². The molecule has 0 saturated heterocycles. The summed E-state index contributed by atoms with van der Waals surface area (Å²) in [5, 5.41) is 0. The van der Waals surface area contributed by atoms with Crippen LogP contribution in [0.5, 0.6) is 0 Å². The highest BCUT2D eigenvalue weighted by molar-refractivity contribution is 9.11. The maximum Gasteiger partial charge on any atom is 0.189 e. The summed E-state index contributed by atoms with van der Waals surface area (Å²) in [4.78, 5) is 11.4. The number of carbonyl (C=O) groups excluding carboxylic acids is 1. The Labute approximate surface area is 93.5 Å². The number of hydrogen-bond donors (Lipinski definition) is 0. The second-order valence-corrected chi connectivity index (χ2v) is 4.25. The molecular weight excluding hydrogens is 300 g/mol. The van der Waals surface area contributed by atoms with Gasteiger partial charge in [-0.25, -0.2) is 0 Å². The summed E-state index contributed by atoms with van der Waals surface area (Å²) in [5.74, 6) is -0.0260. The van der Waals surface area contributed by atoms with Crippen LogP contribution in [-0.4, -0.2) is 19.5 Å². The predicted molar refractivity (Wildman–Crippen MR) is 58.0 cm³/mol. The van der Waals surface area contributed by atoms with Crippen molar-refractivity contribution in [3.63, 3.8) is 0 Å². The van der Waals surface area contributed by atoms with Crippen LogP contribution in [0.15, 0.2) is 27.1 Å². The Hall–Kier alpha value is -0.190. The normalized spacial score (nSPS) is 10.1. The molecule has 0 aliphatic rings. The summed E-state index contributed by atoms with van der Waals surface area (Å²) in [5.41, 5.74) is 0.644. The van der Waals surface area contributed by atoms with Gasteiger partial charge in [-0.3, -0.25) is 4.79 Å². The van der Waals surface area contributed by atoms with Crippen molar-refractivity contribution in [2.75, 3.05) is 13.7 Å². The molecule has 0 atom stereocenters. The predicted octanol–water partition coefficient (Wildman–Crippen LogP) is 3.04. The van der Waals surface area contributed by atoms with E-state index in [-0.39, 0.29) is 12.4 Å². The second kappa shape index (κ2) is 4.88. The topological polar surface area (TPSA) is 26.3 Å². The van der Waals surface area contributed by atoms with Crippen LogP contribution in [-0.2, 0) is 4.74 Å². The summed E-state index contributed by atoms with van der Waals surface area (Å²) in [6.07, 6.45) is 0. The molecule has 1 rings (SSSR count). The number of carbonyl (C=O) groups is 1. The molecule has 13 heavy (non-hydrogen) atoms. The number of methoxy groups -OCH3 is 1. The van der Waals surface area contributed by atoms with Crippen molar-refractivity contribution >= 4 is 37.6 Å². The lowest BCUT2D eigenvalue weighted by atomic mass is 10.1. The molecule has 0 saturated carbocycles. The maximum absolute atomic E-state index is 11.4. The molecule has 0 fully saturated rings. The Morgan fingerprint density at radius 2 is 2.15 bits per heavy atom. The van der Waals surface area contributed by atoms with Gasteiger partial charge in [0, 0.05) is 21.6 Å². The molecule has 0 heterocycles. The number of Topliss-reactive ketones (excluding diaryl/α,β-unsaturated/α-hetero) is 1. The quantitative estimate of drug-likeness (QED) is 0.802. The van der Waals surface area contributed by atoms with E-state index in [9.17, 15) is 4.79 Å². The van der Waals surface area contributed by atoms with Crippen molar-refractivity contribution in [1.29, 1.82) is 0 Å². The molecule has 0 aliphatic carbocycles. The first-order chi connectivity index (χ1) is 6.15. The standard InChI is InChI=1S/C9H8Br2O2/c1-13-5-9(12)7-3-2-6(10)4-8(7)11/h2-4H,5H2,1H3. The van der Waals surface area contributed by atoms with E-state index >= 15 is 0 Å². The average Bonchev–Trinajstić information content (AvgIpc) is 2.04. The van der Waals surface area contributed by atoms with Gasteiger partial charge in [0.25, 0.3) is 0 Å². The van der Waals surface area contributed by atoms with Crippen LogP contribution >= 0.6 is 31.9 Å². The van der Waals surface area contributed by atoms with Gasteiger partial charge in [-0.1, -0.05) is 31.9 Å². The van der Waals surface area contributed by atoms with Crippen molar-refractivity contribution < 1.29 is 9.53 Å². The Kier molecular flexibility index (Phi) is 4.09. The minimum absolute atomic E-state index is 0.0260. The average molecular weight is 308 g/mol. The zero-order valence-corrected chi connectivity index (χ0v) is 10.2. The number of ketones is 1. The lowest BCUT2D eigenvalue weighted by Gasteiger charge is -2.02. The first-order valence-corrected chi connectivity index (χ1v) is 5.21. The molecule has 1 aromatic rings. The molecule has 4 heteroatoms. The van der Waals surface area contributed by atoms with Gasteiger partial charge in [-0.2, -0.15) is 0 Å². The second-order valence-electron chi connectivity index (χ2n) is 2.48. The molecule has 2 nitrogen and oxygen atoms in total. The van der Waals surface area contributed by atoms with Gasteiger partial charge < -0.3 is 4.74 Å². The van der Waals surface area contributed by atoms with E-state index < -0.39 is 0 Å². The fourth-order valence-electron chi connectivity index (χ4n) is 0.924. The Morgan fingerprint density at radius 3 is 2.69 bits per heavy atom. The molecule has 0 radical (unpaired) electrons. The first kappa shape index (κ1) is 10.9. The monoisotopic (exact) mass is 306 g/mol. The Morgan fingerprint density at radius 1 is 1.46 bits per heavy atom. The van der Waals surface area contributed by atoms with Crippen molar-refractivity contribution in [2.24, 2.45) is 0 Å². The minimum Gasteiger partial charge on any atom is -0.377 e. The lowest BCUT2D eigenvalue weighted by Crippen LogP contribution is -2.07. The van der Waals surface area contributed by atoms with Crippen LogP contribution in [0.25, 0.3) is 0 Å². The SMILES string of the molecule is COCC(=O)c1ccc(Br)cc1Br. The number of hydrogen-bond acceptors (Lipinski definition) is 2. The molecule has 0 amide bonds. The molecule has 0 bridgehead atoms. The van der Waals surface area contributed by atoms with Gasteiger partial charge in [0.05, 0.1) is 0 Å². The third-order valence-corrected chi connectivity index (χ3v) is 2.66. The summed E-state index contributed by atoms with van der Waals surface area (Å²) in [6, 6.07) is 5.42. The van der Waals surface area contributed by atoms with Gasteiger partial charge >= 0.3 is 0 Å². The summed E-state index contributed by atoms with van der Waals surface area (Å²) in [7, 11) is 1.50. The molecule has 0 aliphatic heterocycles. The smallest absolute Gasteiger partial charge is 0.189 e. The van der Waals surface area contributed by atoms with Gasteiger partial charge in [-0.15, -0.1) is 0 Å². The van der Waals surface area contributed by atoms with E-state index in [1.165, 1.54) is 7.11 Å². The molecule has 1 aromatic carbocycles. The van der Waals surface area contributed by atoms with Gasteiger partial charge in [0.1, 0.15) is 6.61 Å². The highest BCUT2D eigenvalue weighted by atomic mass is 79.9. The number of rotatable bonds is 3. The van der Waals surface area contributed by atoms with Crippen LogP contribution in [0.4, 0.5) is 0 Å². The molecular formula is C9H8Br2O2. The third-order valence-electron chi connectivity index (χ3n) is 1.51. The number of halogens is 2. The summed E-state index contributed by atoms with van der Waals surface area (Å²) < 4.78 is 6.48. The van der Waals surface area contributed by atoms with Crippen molar-refractivity contribution in [2.45, 2.75) is 0 Å². The van der Waals surface area contributed by atoms with Crippen LogP contribution in [0, 0.1) is 0 Å². The van der Waals surface area contributed by atoms with E-state index in [4.69, 9.17) is 4.74 Å². The van der Waals surface area contributed by atoms with Crippen LogP contribution in [0.2, 0.25) is 0 Å². The van der Waals surface area contributed by atoms with Gasteiger partial charge in [-0.05, 0) is 18.2 Å². The largest absolute Gasteiger partial charge is 0.377 e. The molecule has 0 N–H and O–H groups in total. The van der Waals surface area contributed by atoms with Crippen molar-refractivity contribution in [3.05, 3.63) is 32.7 Å². The number of benzene rings is 1. The highest BCUT2D eigenvalue weighted by Gasteiger charge is 2.09. The zero-order valence-electron chi connectivity index (χ0n) is 7.01. The first-order valence-electron chi connectivity index (χ1n) is 3.62. The molecule has 0 aromatic heterocycles. The van der Waals surface area contributed by atoms with Crippen molar-refractivity contribution in [3.8, 4) is 0 Å². The molecule has 0 unspecified atom stereocenters. The number of ether oxygens (including phenoxy) is 1. The highest BCUT2D eigenvalue weighted by Crippen LogP contribution is 2.22. The van der Waals surface area contributed by atoms with E-state index in [0.717, 1.165) is 8.95 Å². The van der Waals surface area contributed by atoms with E-state index in [2.05, 4.69) is 31.9 Å². The van der Waals surface area contributed by atoms with E-state index in [0.29, 0.717) is 5.56 Å². The molecule has 0 spiro atoms. The fraction of sp³-hybridized carbons (Fsp3) is 0.222. The van der Waals surface area contributed by atoms with E-state index in [1.54, 1.807) is 6.07 Å². The van der Waals surface area contributed by atoms with Crippen molar-refractivity contribution in [1.82, 2.24) is 0 Å². The third kappa shape index (κ3) is 2.90. The van der Waals surface area contributed by atoms with Crippen LogP contribution in [0.1, 0.15) is 10.4 Å². The van der Waals surface area contributed by atoms with Crippen LogP contribution < -0.4 is 0 Å². The fourth-order valence-corrected chi connectivity index (χ4v) is 2.19. The Bertz CT molecular complexity index is 323. The minimum atomic E-state index is -0.0260. The van der Waals surface area contributed by atoms with E-state index in [1.807, 2.05) is 12.1 Å². The molecule has 70 valence electrons. The lowest BCUT2D eigenvalue weighted by molar-refractivity contribution is 0.0847. The maximum atomic E-state index is 11.4. The summed E-state index contributed by atoms with van der Waals surface area (Å²) >= 11 is 6.62. The summed E-state index contributed by atoms with van der Waals surface area (Å²) in [6.45, 7) is 0.111. The zero-order chi connectivity index (χ0) is 9.84. The van der Waals surface area contributed by atoms with Crippen LogP contribution in [0.3, 0.4) is 0 Å². The Balaban J connectivity index is 2.95. The van der Waals surface area contributed by atoms with Gasteiger partial charge in [0.2, 0.25) is 0 Å².